The van der Waals surface area contributed by atoms with Gasteiger partial charge < -0.3 is 15.8 Å². The zero-order valence-corrected chi connectivity index (χ0v) is 12.7. The van der Waals surface area contributed by atoms with Crippen LogP contribution < -0.4 is 11.1 Å². The summed E-state index contributed by atoms with van der Waals surface area (Å²) in [5, 5.41) is 3.23. The fourth-order valence-electron chi connectivity index (χ4n) is 2.52. The van der Waals surface area contributed by atoms with Crippen LogP contribution in [0.3, 0.4) is 0 Å². The third-order valence-electron chi connectivity index (χ3n) is 3.79. The summed E-state index contributed by atoms with van der Waals surface area (Å²) in [6.45, 7) is 0. The monoisotopic (exact) mass is 310 g/mol. The summed E-state index contributed by atoms with van der Waals surface area (Å²) in [5.41, 5.74) is 6.52. The summed E-state index contributed by atoms with van der Waals surface area (Å²) in [4.78, 5) is 24.0. The van der Waals surface area contributed by atoms with Crippen molar-refractivity contribution in [3.05, 3.63) is 28.8 Å². The number of hydrogen-bond acceptors (Lipinski definition) is 4. The van der Waals surface area contributed by atoms with Gasteiger partial charge in [-0.05, 0) is 43.9 Å². The zero-order chi connectivity index (χ0) is 15.4. The van der Waals surface area contributed by atoms with Crippen LogP contribution in [-0.2, 0) is 9.53 Å². The zero-order valence-electron chi connectivity index (χ0n) is 11.9. The van der Waals surface area contributed by atoms with Gasteiger partial charge in [-0.15, -0.1) is 0 Å². The van der Waals surface area contributed by atoms with Crippen molar-refractivity contribution in [3.63, 3.8) is 0 Å². The number of carbonyl (C=O) groups is 2. The van der Waals surface area contributed by atoms with Gasteiger partial charge in [-0.3, -0.25) is 4.79 Å². The maximum absolute atomic E-state index is 12.3. The lowest BCUT2D eigenvalue weighted by atomic mass is 9.86. The lowest BCUT2D eigenvalue weighted by Crippen LogP contribution is -2.32. The van der Waals surface area contributed by atoms with E-state index >= 15 is 0 Å². The van der Waals surface area contributed by atoms with Gasteiger partial charge in [0.15, 0.2) is 0 Å². The second-order valence-corrected chi connectivity index (χ2v) is 5.72. The average Bonchev–Trinajstić information content (AvgIpc) is 2.47. The van der Waals surface area contributed by atoms with E-state index in [0.29, 0.717) is 16.3 Å². The van der Waals surface area contributed by atoms with E-state index < -0.39 is 5.97 Å². The van der Waals surface area contributed by atoms with E-state index in [-0.39, 0.29) is 17.9 Å². The highest BCUT2D eigenvalue weighted by Gasteiger charge is 2.25. The van der Waals surface area contributed by atoms with Gasteiger partial charge in [0.25, 0.3) is 0 Å². The molecule has 0 saturated heterocycles. The number of nitrogens with one attached hydrogen (secondary N) is 1. The molecular weight excluding hydrogens is 292 g/mol. The predicted octanol–water partition coefficient (Wildman–Crippen LogP) is 2.58. The van der Waals surface area contributed by atoms with Gasteiger partial charge in [-0.2, -0.15) is 0 Å². The van der Waals surface area contributed by atoms with Gasteiger partial charge in [0.05, 0.1) is 18.4 Å². The first-order valence-electron chi connectivity index (χ1n) is 6.95. The number of methoxy groups -OCH3 is 1. The standard InChI is InChI=1S/C15H19ClN2O3/c1-21-15(20)12-7-4-10(16)8-13(12)18-14(19)9-2-5-11(17)6-3-9/h4,7-9,11H,2-3,5-6,17H2,1H3,(H,18,19). The lowest BCUT2D eigenvalue weighted by molar-refractivity contribution is -0.120. The molecule has 6 heteroatoms. The first-order chi connectivity index (χ1) is 10.0. The molecule has 1 aromatic rings. The molecule has 21 heavy (non-hydrogen) atoms. The summed E-state index contributed by atoms with van der Waals surface area (Å²) in [7, 11) is 1.30. The molecule has 0 aromatic heterocycles. The smallest absolute Gasteiger partial charge is 0.339 e. The molecule has 114 valence electrons. The molecule has 0 atom stereocenters. The van der Waals surface area contributed by atoms with Crippen LogP contribution in [0.4, 0.5) is 5.69 Å². The summed E-state index contributed by atoms with van der Waals surface area (Å²) in [6.07, 6.45) is 3.22. The van der Waals surface area contributed by atoms with Crippen molar-refractivity contribution < 1.29 is 14.3 Å². The van der Waals surface area contributed by atoms with Crippen LogP contribution >= 0.6 is 11.6 Å². The first kappa shape index (κ1) is 15.8. The van der Waals surface area contributed by atoms with Gasteiger partial charge in [0.1, 0.15) is 0 Å². The van der Waals surface area contributed by atoms with Gasteiger partial charge in [-0.25, -0.2) is 4.79 Å². The summed E-state index contributed by atoms with van der Waals surface area (Å²) < 4.78 is 4.71. The van der Waals surface area contributed by atoms with E-state index in [1.165, 1.54) is 7.11 Å². The lowest BCUT2D eigenvalue weighted by Gasteiger charge is -2.25. The topological polar surface area (TPSA) is 81.4 Å². The van der Waals surface area contributed by atoms with Gasteiger partial charge in [0.2, 0.25) is 5.91 Å². The van der Waals surface area contributed by atoms with Crippen molar-refractivity contribution in [1.82, 2.24) is 0 Å². The molecular formula is C15H19ClN2O3. The Bertz CT molecular complexity index is 540. The molecule has 1 aliphatic carbocycles. The number of esters is 1. The molecule has 2 rings (SSSR count). The maximum Gasteiger partial charge on any atom is 0.339 e. The van der Waals surface area contributed by atoms with Crippen molar-refractivity contribution in [1.29, 1.82) is 0 Å². The summed E-state index contributed by atoms with van der Waals surface area (Å²) >= 11 is 5.93. The Kier molecular flexibility index (Phi) is 5.20. The highest BCUT2D eigenvalue weighted by molar-refractivity contribution is 6.31. The number of carbonyl (C=O) groups excluding carboxylic acids is 2. The third kappa shape index (κ3) is 3.95. The number of halogens is 1. The quantitative estimate of drug-likeness (QED) is 0.841. The van der Waals surface area contributed by atoms with Crippen molar-refractivity contribution in [3.8, 4) is 0 Å². The van der Waals surface area contributed by atoms with E-state index in [9.17, 15) is 9.59 Å². The Labute approximate surface area is 128 Å². The van der Waals surface area contributed by atoms with E-state index in [2.05, 4.69) is 5.32 Å². The minimum atomic E-state index is -0.507. The number of amides is 1. The minimum Gasteiger partial charge on any atom is -0.465 e. The normalized spacial score (nSPS) is 21.7. The van der Waals surface area contributed by atoms with Gasteiger partial charge in [0, 0.05) is 17.0 Å². The molecule has 1 aliphatic rings. The Morgan fingerprint density at radius 2 is 1.95 bits per heavy atom. The Morgan fingerprint density at radius 3 is 2.57 bits per heavy atom. The molecule has 1 amide bonds. The SMILES string of the molecule is COC(=O)c1ccc(Cl)cc1NC(=O)C1CCC(N)CC1. The molecule has 0 spiro atoms. The number of benzene rings is 1. The van der Waals surface area contributed by atoms with Crippen LogP contribution in [-0.4, -0.2) is 25.0 Å². The molecule has 1 aromatic carbocycles. The molecule has 0 bridgehead atoms. The minimum absolute atomic E-state index is 0.0747. The van der Waals surface area contributed by atoms with Crippen molar-refractivity contribution >= 4 is 29.2 Å². The van der Waals surface area contributed by atoms with E-state index in [1.54, 1.807) is 18.2 Å². The van der Waals surface area contributed by atoms with Gasteiger partial charge in [-0.1, -0.05) is 11.6 Å². The second-order valence-electron chi connectivity index (χ2n) is 5.28. The Morgan fingerprint density at radius 1 is 1.29 bits per heavy atom. The third-order valence-corrected chi connectivity index (χ3v) is 4.02. The molecule has 5 nitrogen and oxygen atoms in total. The molecule has 1 fully saturated rings. The van der Waals surface area contributed by atoms with Crippen LogP contribution in [0, 0.1) is 5.92 Å². The Hall–Kier alpha value is -1.59. The molecule has 1 saturated carbocycles. The largest absolute Gasteiger partial charge is 0.465 e. The average molecular weight is 311 g/mol. The number of hydrogen-bond donors (Lipinski definition) is 2. The summed E-state index contributed by atoms with van der Waals surface area (Å²) in [5.74, 6) is -0.684. The van der Waals surface area contributed by atoms with E-state index in [1.807, 2.05) is 0 Å². The summed E-state index contributed by atoms with van der Waals surface area (Å²) in [6, 6.07) is 4.87. The predicted molar refractivity (Wildman–Crippen MR) is 81.4 cm³/mol. The highest BCUT2D eigenvalue weighted by Crippen LogP contribution is 2.27. The van der Waals surface area contributed by atoms with Crippen LogP contribution in [0.15, 0.2) is 18.2 Å². The molecule has 0 unspecified atom stereocenters. The van der Waals surface area contributed by atoms with Crippen molar-refractivity contribution in [2.45, 2.75) is 31.7 Å². The second kappa shape index (κ2) is 6.91. The number of anilines is 1. The van der Waals surface area contributed by atoms with Crippen LogP contribution in [0.2, 0.25) is 5.02 Å². The molecule has 0 aliphatic heterocycles. The fourth-order valence-corrected chi connectivity index (χ4v) is 2.70. The van der Waals surface area contributed by atoms with Crippen molar-refractivity contribution in [2.75, 3.05) is 12.4 Å². The number of nitrogens with two attached hydrogens (primary N) is 1. The Balaban J connectivity index is 2.13. The van der Waals surface area contributed by atoms with Crippen LogP contribution in [0.5, 0.6) is 0 Å². The van der Waals surface area contributed by atoms with Gasteiger partial charge >= 0.3 is 5.97 Å². The van der Waals surface area contributed by atoms with E-state index in [0.717, 1.165) is 25.7 Å². The van der Waals surface area contributed by atoms with Crippen LogP contribution in [0.1, 0.15) is 36.0 Å². The van der Waals surface area contributed by atoms with Crippen LogP contribution in [0.25, 0.3) is 0 Å². The van der Waals surface area contributed by atoms with E-state index in [4.69, 9.17) is 22.1 Å². The van der Waals surface area contributed by atoms with Crippen molar-refractivity contribution in [2.24, 2.45) is 11.7 Å². The molecule has 0 radical (unpaired) electrons. The number of ether oxygens (including phenoxy) is 1. The molecule has 3 N–H and O–H groups in total. The maximum atomic E-state index is 12.3. The molecule has 0 heterocycles. The number of rotatable bonds is 3. The first-order valence-corrected chi connectivity index (χ1v) is 7.33. The fraction of sp³-hybridized carbons (Fsp3) is 0.467. The highest BCUT2D eigenvalue weighted by atomic mass is 35.5.